The first-order valence-electron chi connectivity index (χ1n) is 7.57. The molecule has 0 amide bonds. The van der Waals surface area contributed by atoms with Crippen molar-refractivity contribution in [2.24, 2.45) is 0 Å². The van der Waals surface area contributed by atoms with E-state index in [-0.39, 0.29) is 5.41 Å². The van der Waals surface area contributed by atoms with E-state index in [1.54, 1.807) is 0 Å². The quantitative estimate of drug-likeness (QED) is 0.779. The number of aromatic nitrogens is 1. The van der Waals surface area contributed by atoms with Crippen molar-refractivity contribution < 1.29 is 4.74 Å². The summed E-state index contributed by atoms with van der Waals surface area (Å²) in [5, 5.41) is 5.33. The molecular formula is C18H18N2OS. The third kappa shape index (κ3) is 2.11. The average molecular weight is 310 g/mol. The van der Waals surface area contributed by atoms with Crippen molar-refractivity contribution in [1.82, 2.24) is 4.98 Å². The summed E-state index contributed by atoms with van der Waals surface area (Å²) in [6.07, 6.45) is 1.90. The Morgan fingerprint density at radius 2 is 1.82 bits per heavy atom. The fraction of sp³-hybridized carbons (Fsp3) is 0.278. The summed E-state index contributed by atoms with van der Waals surface area (Å²) in [6.45, 7) is 1.53. The fourth-order valence-electron chi connectivity index (χ4n) is 3.53. The van der Waals surface area contributed by atoms with Crippen molar-refractivity contribution in [2.45, 2.75) is 18.3 Å². The zero-order valence-corrected chi connectivity index (χ0v) is 13.1. The fourth-order valence-corrected chi connectivity index (χ4v) is 4.20. The SMILES string of the molecule is Nc1nc(C2(c3cccc4ccccc34)CCOCC2)cs1. The number of ether oxygens (including phenoxy) is 1. The lowest BCUT2D eigenvalue weighted by molar-refractivity contribution is 0.0625. The molecule has 1 saturated heterocycles. The molecule has 1 fully saturated rings. The highest BCUT2D eigenvalue weighted by Crippen LogP contribution is 2.44. The van der Waals surface area contributed by atoms with Gasteiger partial charge in [-0.15, -0.1) is 11.3 Å². The van der Waals surface area contributed by atoms with Gasteiger partial charge in [-0.05, 0) is 29.2 Å². The maximum absolute atomic E-state index is 5.91. The predicted octanol–water partition coefficient (Wildman–Crippen LogP) is 3.98. The minimum absolute atomic E-state index is 0.0900. The van der Waals surface area contributed by atoms with Crippen LogP contribution in [0.1, 0.15) is 24.1 Å². The van der Waals surface area contributed by atoms with Gasteiger partial charge in [0, 0.05) is 24.0 Å². The van der Waals surface area contributed by atoms with E-state index in [4.69, 9.17) is 10.5 Å². The Hall–Kier alpha value is -1.91. The molecule has 4 rings (SSSR count). The maximum atomic E-state index is 5.91. The number of anilines is 1. The van der Waals surface area contributed by atoms with Crippen LogP contribution in [0.4, 0.5) is 5.13 Å². The van der Waals surface area contributed by atoms with Crippen LogP contribution >= 0.6 is 11.3 Å². The highest BCUT2D eigenvalue weighted by Gasteiger charge is 2.39. The van der Waals surface area contributed by atoms with Crippen LogP contribution in [0.5, 0.6) is 0 Å². The summed E-state index contributed by atoms with van der Waals surface area (Å²) in [4.78, 5) is 4.63. The van der Waals surface area contributed by atoms with Gasteiger partial charge in [0.05, 0.1) is 5.69 Å². The summed E-state index contributed by atoms with van der Waals surface area (Å²) in [7, 11) is 0. The second kappa shape index (κ2) is 5.38. The van der Waals surface area contributed by atoms with Crippen molar-refractivity contribution in [1.29, 1.82) is 0 Å². The molecule has 1 aromatic heterocycles. The zero-order chi connectivity index (χ0) is 15.0. The largest absolute Gasteiger partial charge is 0.381 e. The van der Waals surface area contributed by atoms with E-state index in [1.807, 2.05) is 0 Å². The van der Waals surface area contributed by atoms with Crippen molar-refractivity contribution >= 4 is 27.2 Å². The molecule has 2 N–H and O–H groups in total. The van der Waals surface area contributed by atoms with E-state index < -0.39 is 0 Å². The lowest BCUT2D eigenvalue weighted by Crippen LogP contribution is -2.35. The molecule has 0 atom stereocenters. The summed E-state index contributed by atoms with van der Waals surface area (Å²) >= 11 is 1.52. The second-order valence-corrected chi connectivity index (χ2v) is 6.68. The molecule has 0 spiro atoms. The molecule has 3 aromatic rings. The Balaban J connectivity index is 1.97. The first-order chi connectivity index (χ1) is 10.8. The van der Waals surface area contributed by atoms with Crippen LogP contribution in [0.3, 0.4) is 0 Å². The lowest BCUT2D eigenvalue weighted by atomic mass is 9.70. The Morgan fingerprint density at radius 1 is 1.05 bits per heavy atom. The van der Waals surface area contributed by atoms with Gasteiger partial charge in [-0.2, -0.15) is 0 Å². The van der Waals surface area contributed by atoms with E-state index in [1.165, 1.54) is 27.7 Å². The van der Waals surface area contributed by atoms with E-state index in [2.05, 4.69) is 52.8 Å². The number of rotatable bonds is 2. The molecular weight excluding hydrogens is 292 g/mol. The van der Waals surface area contributed by atoms with E-state index in [0.29, 0.717) is 5.13 Å². The van der Waals surface area contributed by atoms with Gasteiger partial charge in [0.2, 0.25) is 0 Å². The molecule has 0 bridgehead atoms. The Bertz CT molecular complexity index is 800. The van der Waals surface area contributed by atoms with E-state index in [9.17, 15) is 0 Å². The van der Waals surface area contributed by atoms with E-state index >= 15 is 0 Å². The lowest BCUT2D eigenvalue weighted by Gasteiger charge is -2.37. The number of thiazole rings is 1. The van der Waals surface area contributed by atoms with Crippen LogP contribution < -0.4 is 5.73 Å². The van der Waals surface area contributed by atoms with Gasteiger partial charge >= 0.3 is 0 Å². The molecule has 0 aliphatic carbocycles. The maximum Gasteiger partial charge on any atom is 0.180 e. The minimum Gasteiger partial charge on any atom is -0.381 e. The summed E-state index contributed by atoms with van der Waals surface area (Å²) in [6, 6.07) is 15.1. The third-order valence-electron chi connectivity index (χ3n) is 4.66. The summed E-state index contributed by atoms with van der Waals surface area (Å²) < 4.78 is 5.63. The zero-order valence-electron chi connectivity index (χ0n) is 12.3. The molecule has 2 heterocycles. The van der Waals surface area contributed by atoms with Gasteiger partial charge in [-0.25, -0.2) is 4.98 Å². The monoisotopic (exact) mass is 310 g/mol. The van der Waals surface area contributed by atoms with Crippen molar-refractivity contribution in [3.63, 3.8) is 0 Å². The number of hydrogen-bond acceptors (Lipinski definition) is 4. The number of nitrogens with two attached hydrogens (primary N) is 1. The van der Waals surface area contributed by atoms with Gasteiger partial charge in [-0.3, -0.25) is 0 Å². The number of nitrogens with zero attached hydrogens (tertiary/aromatic N) is 1. The van der Waals surface area contributed by atoms with E-state index in [0.717, 1.165) is 31.7 Å². The number of hydrogen-bond donors (Lipinski definition) is 1. The predicted molar refractivity (Wildman–Crippen MR) is 91.3 cm³/mol. The van der Waals surface area contributed by atoms with Crippen LogP contribution in [0, 0.1) is 0 Å². The summed E-state index contributed by atoms with van der Waals surface area (Å²) in [5.41, 5.74) is 8.26. The first-order valence-corrected chi connectivity index (χ1v) is 8.45. The van der Waals surface area contributed by atoms with Crippen molar-refractivity contribution in [3.05, 3.63) is 59.1 Å². The second-order valence-electron chi connectivity index (χ2n) is 5.79. The topological polar surface area (TPSA) is 48.1 Å². The highest BCUT2D eigenvalue weighted by molar-refractivity contribution is 7.13. The molecule has 3 nitrogen and oxygen atoms in total. The molecule has 1 aliphatic rings. The molecule has 112 valence electrons. The Kier molecular flexibility index (Phi) is 3.36. The normalized spacial score (nSPS) is 17.6. The third-order valence-corrected chi connectivity index (χ3v) is 5.34. The smallest absolute Gasteiger partial charge is 0.180 e. The van der Waals surface area contributed by atoms with Crippen molar-refractivity contribution in [3.8, 4) is 0 Å². The Labute approximate surface area is 133 Å². The molecule has 0 saturated carbocycles. The first kappa shape index (κ1) is 13.7. The number of nitrogen functional groups attached to an aromatic ring is 1. The number of fused-ring (bicyclic) bond motifs is 1. The van der Waals surface area contributed by atoms with Crippen molar-refractivity contribution in [2.75, 3.05) is 18.9 Å². The number of benzene rings is 2. The Morgan fingerprint density at radius 3 is 2.59 bits per heavy atom. The van der Waals surface area contributed by atoms with Crippen LogP contribution in [0.2, 0.25) is 0 Å². The van der Waals surface area contributed by atoms with Gasteiger partial charge in [0.25, 0.3) is 0 Å². The van der Waals surface area contributed by atoms with Gasteiger partial charge < -0.3 is 10.5 Å². The molecule has 2 aromatic carbocycles. The molecule has 1 aliphatic heterocycles. The van der Waals surface area contributed by atoms with Crippen LogP contribution in [0.15, 0.2) is 47.8 Å². The van der Waals surface area contributed by atoms with Gasteiger partial charge in [0.1, 0.15) is 0 Å². The molecule has 0 unspecified atom stereocenters. The molecule has 0 radical (unpaired) electrons. The van der Waals surface area contributed by atoms with Crippen LogP contribution in [-0.4, -0.2) is 18.2 Å². The van der Waals surface area contributed by atoms with Gasteiger partial charge in [0.15, 0.2) is 5.13 Å². The van der Waals surface area contributed by atoms with Crippen LogP contribution in [-0.2, 0) is 10.2 Å². The van der Waals surface area contributed by atoms with Gasteiger partial charge in [-0.1, -0.05) is 42.5 Å². The standard InChI is InChI=1S/C18H18N2OS/c19-17-20-16(12-22-17)18(8-10-21-11-9-18)15-7-3-5-13-4-1-2-6-14(13)15/h1-7,12H,8-11H2,(H2,19,20). The summed E-state index contributed by atoms with van der Waals surface area (Å²) in [5.74, 6) is 0. The highest BCUT2D eigenvalue weighted by atomic mass is 32.1. The molecule has 4 heteroatoms. The molecule has 22 heavy (non-hydrogen) atoms. The average Bonchev–Trinajstić information content (AvgIpc) is 3.02. The van der Waals surface area contributed by atoms with Crippen LogP contribution in [0.25, 0.3) is 10.8 Å². The minimum atomic E-state index is -0.0900.